The number of nitrogens with zero attached hydrogens (tertiary/aromatic N) is 1. The van der Waals surface area contributed by atoms with Crippen LogP contribution >= 0.6 is 27.5 Å². The molecule has 15 heavy (non-hydrogen) atoms. The molecule has 1 heterocycles. The average Bonchev–Trinajstić information content (AvgIpc) is 2.18. The number of hydrogen-bond donors (Lipinski definition) is 1. The summed E-state index contributed by atoms with van der Waals surface area (Å²) >= 11 is 9.07. The number of hydrogen-bond acceptors (Lipinski definition) is 2. The molecule has 0 saturated carbocycles. The summed E-state index contributed by atoms with van der Waals surface area (Å²) in [6.07, 6.45) is 4.73. The van der Waals surface area contributed by atoms with Crippen LogP contribution in [0.4, 0.5) is 0 Å². The molecule has 0 aromatic carbocycles. The van der Waals surface area contributed by atoms with Crippen molar-refractivity contribution >= 4 is 27.5 Å². The minimum atomic E-state index is 0.627. The lowest BCUT2D eigenvalue weighted by Crippen LogP contribution is -2.21. The molecular formula is C11H16BrClN2. The fourth-order valence-corrected chi connectivity index (χ4v) is 2.09. The van der Waals surface area contributed by atoms with Crippen molar-refractivity contribution in [1.29, 1.82) is 0 Å². The zero-order valence-electron chi connectivity index (χ0n) is 8.84. The van der Waals surface area contributed by atoms with Gasteiger partial charge >= 0.3 is 0 Å². The second-order valence-electron chi connectivity index (χ2n) is 3.73. The highest BCUT2D eigenvalue weighted by Gasteiger charge is 2.00. The molecule has 0 saturated heterocycles. The smallest absolute Gasteiger partial charge is 0.0410 e. The summed E-state index contributed by atoms with van der Waals surface area (Å²) in [5.41, 5.74) is 1.20. The summed E-state index contributed by atoms with van der Waals surface area (Å²) in [6.45, 7) is 4.06. The molecule has 0 radical (unpaired) electrons. The summed E-state index contributed by atoms with van der Waals surface area (Å²) < 4.78 is 1.02. The standard InChI is InChI=1S/C11H16BrClN2/c1-9(2-3-13)5-14-6-10-4-11(12)8-15-7-10/h4,7-9,14H,2-3,5-6H2,1H3. The Morgan fingerprint density at radius 2 is 2.33 bits per heavy atom. The Morgan fingerprint density at radius 1 is 1.53 bits per heavy atom. The van der Waals surface area contributed by atoms with E-state index in [1.54, 1.807) is 6.20 Å². The van der Waals surface area contributed by atoms with Crippen molar-refractivity contribution in [3.8, 4) is 0 Å². The van der Waals surface area contributed by atoms with Gasteiger partial charge in [-0.1, -0.05) is 6.92 Å². The second kappa shape index (κ2) is 7.20. The van der Waals surface area contributed by atoms with Crippen molar-refractivity contribution in [1.82, 2.24) is 10.3 Å². The largest absolute Gasteiger partial charge is 0.312 e. The highest BCUT2D eigenvalue weighted by Crippen LogP contribution is 2.09. The van der Waals surface area contributed by atoms with E-state index in [-0.39, 0.29) is 0 Å². The molecule has 1 unspecified atom stereocenters. The number of halogens is 2. The zero-order valence-corrected chi connectivity index (χ0v) is 11.2. The van der Waals surface area contributed by atoms with Crippen LogP contribution in [0.2, 0.25) is 0 Å². The first-order valence-electron chi connectivity index (χ1n) is 5.08. The molecule has 0 aliphatic heterocycles. The van der Waals surface area contributed by atoms with Gasteiger partial charge in [0.25, 0.3) is 0 Å². The number of pyridine rings is 1. The van der Waals surface area contributed by atoms with Crippen LogP contribution in [0.5, 0.6) is 0 Å². The van der Waals surface area contributed by atoms with Gasteiger partial charge in [0.05, 0.1) is 0 Å². The first kappa shape index (κ1) is 12.9. The molecule has 1 N–H and O–H groups in total. The SMILES string of the molecule is CC(CCCl)CNCc1cncc(Br)c1. The lowest BCUT2D eigenvalue weighted by atomic mass is 10.1. The van der Waals surface area contributed by atoms with Crippen molar-refractivity contribution < 1.29 is 0 Å². The topological polar surface area (TPSA) is 24.9 Å². The van der Waals surface area contributed by atoms with E-state index in [0.29, 0.717) is 5.92 Å². The lowest BCUT2D eigenvalue weighted by molar-refractivity contribution is 0.501. The molecule has 1 aromatic rings. The molecule has 0 spiro atoms. The first-order valence-corrected chi connectivity index (χ1v) is 6.41. The Kier molecular flexibility index (Phi) is 6.22. The van der Waals surface area contributed by atoms with Gasteiger partial charge in [-0.2, -0.15) is 0 Å². The Balaban J connectivity index is 2.25. The van der Waals surface area contributed by atoms with Crippen molar-refractivity contribution in [2.45, 2.75) is 19.9 Å². The normalized spacial score (nSPS) is 12.7. The third kappa shape index (κ3) is 5.50. The van der Waals surface area contributed by atoms with E-state index < -0.39 is 0 Å². The fraction of sp³-hybridized carbons (Fsp3) is 0.545. The second-order valence-corrected chi connectivity index (χ2v) is 5.02. The van der Waals surface area contributed by atoms with Crippen molar-refractivity contribution in [3.63, 3.8) is 0 Å². The Labute approximate surface area is 105 Å². The molecule has 0 fully saturated rings. The summed E-state index contributed by atoms with van der Waals surface area (Å²) in [5, 5.41) is 3.39. The average molecular weight is 292 g/mol. The molecule has 0 bridgehead atoms. The van der Waals surface area contributed by atoms with Gasteiger partial charge in [-0.05, 0) is 46.4 Å². The van der Waals surface area contributed by atoms with Gasteiger partial charge in [0.2, 0.25) is 0 Å². The Morgan fingerprint density at radius 3 is 3.00 bits per heavy atom. The van der Waals surface area contributed by atoms with E-state index in [0.717, 1.165) is 29.9 Å². The van der Waals surface area contributed by atoms with Gasteiger partial charge in [-0.15, -0.1) is 11.6 Å². The number of alkyl halides is 1. The van der Waals surface area contributed by atoms with E-state index in [2.05, 4.69) is 39.2 Å². The van der Waals surface area contributed by atoms with Crippen LogP contribution < -0.4 is 5.32 Å². The van der Waals surface area contributed by atoms with E-state index in [9.17, 15) is 0 Å². The van der Waals surface area contributed by atoms with Crippen LogP contribution in [-0.2, 0) is 6.54 Å². The van der Waals surface area contributed by atoms with E-state index in [1.807, 2.05) is 6.20 Å². The molecule has 4 heteroatoms. The molecule has 2 nitrogen and oxygen atoms in total. The monoisotopic (exact) mass is 290 g/mol. The quantitative estimate of drug-likeness (QED) is 0.814. The maximum atomic E-state index is 5.67. The van der Waals surface area contributed by atoms with Crippen molar-refractivity contribution in [2.24, 2.45) is 5.92 Å². The maximum Gasteiger partial charge on any atom is 0.0410 e. The predicted octanol–water partition coefficient (Wildman–Crippen LogP) is 3.20. The summed E-state index contributed by atoms with van der Waals surface area (Å²) in [6, 6.07) is 2.08. The Hall–Kier alpha value is -0.120. The lowest BCUT2D eigenvalue weighted by Gasteiger charge is -2.10. The molecule has 84 valence electrons. The van der Waals surface area contributed by atoms with Gasteiger partial charge < -0.3 is 5.32 Å². The van der Waals surface area contributed by atoms with Crippen LogP contribution in [0.15, 0.2) is 22.9 Å². The molecule has 0 aliphatic rings. The van der Waals surface area contributed by atoms with Crippen LogP contribution in [-0.4, -0.2) is 17.4 Å². The van der Waals surface area contributed by atoms with Gasteiger partial charge in [0, 0.05) is 29.3 Å². The predicted molar refractivity (Wildman–Crippen MR) is 68.1 cm³/mol. The molecule has 1 rings (SSSR count). The Bertz CT molecular complexity index is 294. The third-order valence-electron chi connectivity index (χ3n) is 2.19. The molecular weight excluding hydrogens is 275 g/mol. The maximum absolute atomic E-state index is 5.67. The highest BCUT2D eigenvalue weighted by atomic mass is 79.9. The molecule has 0 aliphatic carbocycles. The highest BCUT2D eigenvalue weighted by molar-refractivity contribution is 9.10. The van der Waals surface area contributed by atoms with E-state index >= 15 is 0 Å². The van der Waals surface area contributed by atoms with Gasteiger partial charge in [-0.3, -0.25) is 4.98 Å². The minimum Gasteiger partial charge on any atom is -0.312 e. The molecule has 1 atom stereocenters. The fourth-order valence-electron chi connectivity index (χ4n) is 1.30. The first-order chi connectivity index (χ1) is 7.22. The van der Waals surface area contributed by atoms with E-state index in [4.69, 9.17) is 11.6 Å². The van der Waals surface area contributed by atoms with Crippen molar-refractivity contribution in [2.75, 3.05) is 12.4 Å². The number of aromatic nitrogens is 1. The van der Waals surface area contributed by atoms with Crippen molar-refractivity contribution in [3.05, 3.63) is 28.5 Å². The summed E-state index contributed by atoms with van der Waals surface area (Å²) in [4.78, 5) is 4.11. The number of nitrogens with one attached hydrogen (secondary N) is 1. The van der Waals surface area contributed by atoms with Gasteiger partial charge in [0.15, 0.2) is 0 Å². The van der Waals surface area contributed by atoms with Gasteiger partial charge in [0.1, 0.15) is 0 Å². The van der Waals surface area contributed by atoms with Crippen LogP contribution in [0, 0.1) is 5.92 Å². The number of rotatable bonds is 6. The van der Waals surface area contributed by atoms with Gasteiger partial charge in [-0.25, -0.2) is 0 Å². The zero-order chi connectivity index (χ0) is 11.1. The molecule has 0 amide bonds. The van der Waals surface area contributed by atoms with Crippen LogP contribution in [0.3, 0.4) is 0 Å². The van der Waals surface area contributed by atoms with Crippen LogP contribution in [0.25, 0.3) is 0 Å². The summed E-state index contributed by atoms with van der Waals surface area (Å²) in [7, 11) is 0. The van der Waals surface area contributed by atoms with E-state index in [1.165, 1.54) is 5.56 Å². The summed E-state index contributed by atoms with van der Waals surface area (Å²) in [5.74, 6) is 1.36. The minimum absolute atomic E-state index is 0.627. The van der Waals surface area contributed by atoms with Crippen LogP contribution in [0.1, 0.15) is 18.9 Å². The third-order valence-corrected chi connectivity index (χ3v) is 2.84. The molecule has 1 aromatic heterocycles.